The first-order chi connectivity index (χ1) is 15.5. The quantitative estimate of drug-likeness (QED) is 0.487. The molecular weight excluding hydrogens is 504 g/mol. The Morgan fingerprint density at radius 3 is 2.00 bits per heavy atom. The molecule has 0 N–H and O–H groups in total. The summed E-state index contributed by atoms with van der Waals surface area (Å²) in [6, 6.07) is 12.1. The Balaban J connectivity index is 1.88. The molecule has 1 aliphatic heterocycles. The average Bonchev–Trinajstić information content (AvgIpc) is 3.21. The van der Waals surface area contributed by atoms with Crippen LogP contribution in [0.1, 0.15) is 19.4 Å². The molecular formula is C22H23ClN2O5S3. The van der Waals surface area contributed by atoms with Crippen LogP contribution in [0.25, 0.3) is 0 Å². The van der Waals surface area contributed by atoms with Gasteiger partial charge in [0.15, 0.2) is 5.03 Å². The summed E-state index contributed by atoms with van der Waals surface area (Å²) in [5.74, 6) is 0. The van der Waals surface area contributed by atoms with Crippen LogP contribution in [0.5, 0.6) is 0 Å². The molecule has 0 amide bonds. The number of thiazole rings is 1. The largest absolute Gasteiger partial charge is 0.372 e. The highest BCUT2D eigenvalue weighted by Crippen LogP contribution is 2.40. The van der Waals surface area contributed by atoms with Crippen LogP contribution in [0.4, 0.5) is 5.00 Å². The van der Waals surface area contributed by atoms with Crippen LogP contribution < -0.4 is 4.90 Å². The maximum Gasteiger partial charge on any atom is 0.233 e. The summed E-state index contributed by atoms with van der Waals surface area (Å²) >= 11 is 6.79. The van der Waals surface area contributed by atoms with Gasteiger partial charge < -0.3 is 9.64 Å². The highest BCUT2D eigenvalue weighted by Gasteiger charge is 2.35. The Kier molecular flexibility index (Phi) is 6.58. The molecule has 11 heteroatoms. The lowest BCUT2D eigenvalue weighted by molar-refractivity contribution is -0.00517. The molecule has 0 aliphatic carbocycles. The minimum atomic E-state index is -4.11. The molecule has 7 nitrogen and oxygen atoms in total. The van der Waals surface area contributed by atoms with E-state index in [9.17, 15) is 16.8 Å². The Labute approximate surface area is 202 Å². The van der Waals surface area contributed by atoms with Crippen LogP contribution in [-0.4, -0.2) is 47.1 Å². The van der Waals surface area contributed by atoms with Crippen molar-refractivity contribution < 1.29 is 21.6 Å². The molecule has 3 aromatic rings. The van der Waals surface area contributed by atoms with Gasteiger partial charge in [0, 0.05) is 18.1 Å². The van der Waals surface area contributed by atoms with Crippen molar-refractivity contribution in [2.75, 3.05) is 18.0 Å². The number of benzene rings is 2. The summed E-state index contributed by atoms with van der Waals surface area (Å²) in [5.41, 5.74) is 0.913. The first kappa shape index (κ1) is 24.2. The Morgan fingerprint density at radius 2 is 1.42 bits per heavy atom. The van der Waals surface area contributed by atoms with Gasteiger partial charge in [-0.3, -0.25) is 0 Å². The summed E-state index contributed by atoms with van der Waals surface area (Å²) < 4.78 is 59.2. The number of rotatable bonds is 5. The third kappa shape index (κ3) is 4.81. The van der Waals surface area contributed by atoms with E-state index in [4.69, 9.17) is 16.3 Å². The van der Waals surface area contributed by atoms with Crippen molar-refractivity contribution in [3.63, 3.8) is 0 Å². The molecule has 0 radical (unpaired) electrons. The van der Waals surface area contributed by atoms with E-state index in [0.717, 1.165) is 16.9 Å². The Bertz CT molecular complexity index is 1360. The van der Waals surface area contributed by atoms with Gasteiger partial charge in [-0.05, 0) is 57.2 Å². The van der Waals surface area contributed by atoms with E-state index in [0.29, 0.717) is 18.1 Å². The van der Waals surface area contributed by atoms with Crippen molar-refractivity contribution in [3.05, 3.63) is 59.1 Å². The number of aryl methyl sites for hydroxylation is 1. The zero-order valence-electron chi connectivity index (χ0n) is 18.2. The molecule has 1 saturated heterocycles. The van der Waals surface area contributed by atoms with Gasteiger partial charge in [-0.2, -0.15) is 0 Å². The lowest BCUT2D eigenvalue weighted by Crippen LogP contribution is -2.45. The molecule has 1 fully saturated rings. The first-order valence-electron chi connectivity index (χ1n) is 10.2. The summed E-state index contributed by atoms with van der Waals surface area (Å²) in [7, 11) is -8.11. The molecule has 33 heavy (non-hydrogen) atoms. The highest BCUT2D eigenvalue weighted by atomic mass is 35.5. The Hall–Kier alpha value is -1.98. The summed E-state index contributed by atoms with van der Waals surface area (Å²) in [6.07, 6.45) is -0.307. The van der Waals surface area contributed by atoms with Gasteiger partial charge >= 0.3 is 0 Å². The van der Waals surface area contributed by atoms with Crippen LogP contribution in [0.2, 0.25) is 5.02 Å². The molecule has 0 saturated carbocycles. The van der Waals surface area contributed by atoms with Gasteiger partial charge in [0.2, 0.25) is 24.0 Å². The van der Waals surface area contributed by atoms with E-state index >= 15 is 0 Å². The maximum absolute atomic E-state index is 13.5. The van der Waals surface area contributed by atoms with E-state index in [1.165, 1.54) is 36.4 Å². The zero-order valence-corrected chi connectivity index (χ0v) is 21.4. The number of anilines is 1. The van der Waals surface area contributed by atoms with Crippen molar-refractivity contribution in [2.24, 2.45) is 0 Å². The van der Waals surface area contributed by atoms with Crippen LogP contribution in [0.15, 0.2) is 67.7 Å². The number of sulfone groups is 2. The molecule has 0 spiro atoms. The number of ether oxygens (including phenoxy) is 1. The number of hydrogen-bond acceptors (Lipinski definition) is 8. The van der Waals surface area contributed by atoms with Crippen molar-refractivity contribution >= 4 is 47.6 Å². The molecule has 2 heterocycles. The number of hydrogen-bond donors (Lipinski definition) is 0. The molecule has 1 aromatic heterocycles. The fourth-order valence-electron chi connectivity index (χ4n) is 3.66. The summed E-state index contributed by atoms with van der Waals surface area (Å²) in [4.78, 5) is 6.10. The van der Waals surface area contributed by atoms with Crippen molar-refractivity contribution in [1.29, 1.82) is 0 Å². The minimum Gasteiger partial charge on any atom is -0.372 e. The third-order valence-electron chi connectivity index (χ3n) is 5.21. The second-order valence-corrected chi connectivity index (χ2v) is 13.4. The highest BCUT2D eigenvalue weighted by molar-refractivity contribution is 7.94. The lowest BCUT2D eigenvalue weighted by Gasteiger charge is -2.36. The fraction of sp³-hybridized carbons (Fsp3) is 0.318. The van der Waals surface area contributed by atoms with Gasteiger partial charge in [0.1, 0.15) is 5.00 Å². The molecule has 0 unspecified atom stereocenters. The molecule has 176 valence electrons. The predicted molar refractivity (Wildman–Crippen MR) is 128 cm³/mol. The smallest absolute Gasteiger partial charge is 0.233 e. The molecule has 1 aliphatic rings. The van der Waals surface area contributed by atoms with E-state index in [1.807, 2.05) is 25.7 Å². The molecule has 0 bridgehead atoms. The van der Waals surface area contributed by atoms with E-state index in [-0.39, 0.29) is 36.4 Å². The number of nitrogens with zero attached hydrogens (tertiary/aromatic N) is 2. The van der Waals surface area contributed by atoms with Gasteiger partial charge in [-0.25, -0.2) is 21.8 Å². The maximum atomic E-state index is 13.5. The lowest BCUT2D eigenvalue weighted by atomic mass is 10.2. The van der Waals surface area contributed by atoms with Crippen molar-refractivity contribution in [3.8, 4) is 0 Å². The zero-order chi connectivity index (χ0) is 24.0. The fourth-order valence-corrected chi connectivity index (χ4v) is 8.23. The van der Waals surface area contributed by atoms with Crippen molar-refractivity contribution in [1.82, 2.24) is 4.98 Å². The number of halogens is 1. The first-order valence-corrected chi connectivity index (χ1v) is 14.4. The van der Waals surface area contributed by atoms with Crippen LogP contribution in [0.3, 0.4) is 0 Å². The van der Waals surface area contributed by atoms with E-state index < -0.39 is 19.7 Å². The van der Waals surface area contributed by atoms with Gasteiger partial charge in [0.25, 0.3) is 0 Å². The van der Waals surface area contributed by atoms with Crippen LogP contribution >= 0.6 is 22.9 Å². The van der Waals surface area contributed by atoms with Gasteiger partial charge in [-0.15, -0.1) is 0 Å². The van der Waals surface area contributed by atoms with Crippen LogP contribution in [-0.2, 0) is 24.4 Å². The monoisotopic (exact) mass is 526 g/mol. The van der Waals surface area contributed by atoms with Gasteiger partial charge in [0.05, 0.1) is 22.0 Å². The topological polar surface area (TPSA) is 93.6 Å². The van der Waals surface area contributed by atoms with Crippen molar-refractivity contribution in [2.45, 2.75) is 52.1 Å². The predicted octanol–water partition coefficient (Wildman–Crippen LogP) is 4.38. The minimum absolute atomic E-state index is 0.00732. The SMILES string of the molecule is Cc1ccc(S(=O)(=O)c2nc(S(=O)(=O)c3ccc(Cl)cc3)c(N3C[C@@H](C)O[C@H](C)C3)s2)cc1. The second kappa shape index (κ2) is 8.99. The Morgan fingerprint density at radius 1 is 0.909 bits per heavy atom. The van der Waals surface area contributed by atoms with Crippen LogP contribution in [0, 0.1) is 6.92 Å². The molecule has 2 aromatic carbocycles. The van der Waals surface area contributed by atoms with E-state index in [1.54, 1.807) is 12.1 Å². The number of morpholine rings is 1. The normalized spacial score (nSPS) is 19.6. The third-order valence-corrected chi connectivity index (χ3v) is 10.5. The van der Waals surface area contributed by atoms with Gasteiger partial charge in [-0.1, -0.05) is 40.6 Å². The number of aromatic nitrogens is 1. The summed E-state index contributed by atoms with van der Waals surface area (Å²) in [6.45, 7) is 6.47. The molecule has 4 rings (SSSR count). The standard InChI is InChI=1S/C22H23ClN2O5S3/c1-14-4-8-19(9-5-14)33(28,29)22-24-20(32(26,27)18-10-6-17(23)7-11-18)21(31-22)25-12-15(2)30-16(3)13-25/h4-11,15-16H,12-13H2,1-3H3/t15-,16-/m1/s1. The molecule has 2 atom stereocenters. The average molecular weight is 527 g/mol. The summed E-state index contributed by atoms with van der Waals surface area (Å²) in [5, 5.41) is 0.408. The second-order valence-electron chi connectivity index (χ2n) is 8.03. The van der Waals surface area contributed by atoms with E-state index in [2.05, 4.69) is 4.98 Å².